The van der Waals surface area contributed by atoms with E-state index in [4.69, 9.17) is 0 Å². The summed E-state index contributed by atoms with van der Waals surface area (Å²) in [5.41, 5.74) is 7.31. The topological polar surface area (TPSA) is 15.8 Å². The third kappa shape index (κ3) is 3.76. The van der Waals surface area contributed by atoms with Gasteiger partial charge in [-0.15, -0.1) is 0 Å². The maximum atomic E-state index is 3.78. The molecule has 0 amide bonds. The number of hydrogen-bond donors (Lipinski definition) is 1. The number of aromatic amines is 1. The average molecular weight is 620 g/mol. The van der Waals surface area contributed by atoms with Gasteiger partial charge in [-0.1, -0.05) is 146 Å². The van der Waals surface area contributed by atoms with E-state index in [-0.39, 0.29) is 0 Å². The van der Waals surface area contributed by atoms with Gasteiger partial charge in [0, 0.05) is 27.1 Å². The van der Waals surface area contributed by atoms with Crippen LogP contribution in [-0.2, 0) is 0 Å². The Labute approximate surface area is 282 Å². The number of benzene rings is 10. The van der Waals surface area contributed by atoms with Crippen molar-refractivity contribution in [3.05, 3.63) is 170 Å². The standard InChI is InChI=1S/C48H29N/c1-2-16-34-32(14-1)33-15-3-4-17-35(33)43-27-30(24-25-38(34)43)29-12-11-13-31(26-29)42-28-44-37-19-6-8-21-40(37)48-47(41-22-9-10-23-45(41)49-48)46(44)39-20-7-5-18-36(39)42/h1-28,49H. The third-order valence-corrected chi connectivity index (χ3v) is 10.7. The Morgan fingerprint density at radius 3 is 1.49 bits per heavy atom. The maximum absolute atomic E-state index is 3.78. The van der Waals surface area contributed by atoms with E-state index in [2.05, 4.69) is 175 Å². The molecule has 0 atom stereocenters. The summed E-state index contributed by atoms with van der Waals surface area (Å²) in [6.45, 7) is 0. The number of aromatic nitrogens is 1. The van der Waals surface area contributed by atoms with Crippen LogP contribution in [0.15, 0.2) is 170 Å². The van der Waals surface area contributed by atoms with E-state index in [1.807, 2.05) is 0 Å². The molecule has 11 rings (SSSR count). The molecule has 1 heteroatoms. The minimum Gasteiger partial charge on any atom is -0.354 e. The highest BCUT2D eigenvalue weighted by Gasteiger charge is 2.18. The lowest BCUT2D eigenvalue weighted by atomic mass is 9.87. The monoisotopic (exact) mass is 619 g/mol. The van der Waals surface area contributed by atoms with E-state index in [9.17, 15) is 0 Å². The summed E-state index contributed by atoms with van der Waals surface area (Å²) in [5.74, 6) is 0. The summed E-state index contributed by atoms with van der Waals surface area (Å²) in [4.78, 5) is 3.78. The van der Waals surface area contributed by atoms with Crippen molar-refractivity contribution < 1.29 is 0 Å². The van der Waals surface area contributed by atoms with Crippen LogP contribution >= 0.6 is 0 Å². The summed E-state index contributed by atoms with van der Waals surface area (Å²) in [7, 11) is 0. The van der Waals surface area contributed by atoms with Crippen molar-refractivity contribution in [2.45, 2.75) is 0 Å². The molecule has 0 aliphatic carbocycles. The van der Waals surface area contributed by atoms with Crippen LogP contribution in [-0.4, -0.2) is 4.98 Å². The predicted octanol–water partition coefficient (Wildman–Crippen LogP) is 13.6. The van der Waals surface area contributed by atoms with E-state index in [1.165, 1.54) is 109 Å². The molecule has 0 saturated carbocycles. The molecule has 11 aromatic rings. The first-order chi connectivity index (χ1) is 24.3. The van der Waals surface area contributed by atoms with Crippen molar-refractivity contribution in [1.29, 1.82) is 0 Å². The van der Waals surface area contributed by atoms with Gasteiger partial charge in [-0.05, 0) is 100 Å². The van der Waals surface area contributed by atoms with Crippen molar-refractivity contribution >= 4 is 86.4 Å². The third-order valence-electron chi connectivity index (χ3n) is 10.7. The zero-order valence-electron chi connectivity index (χ0n) is 26.7. The smallest absolute Gasteiger partial charge is 0.0551 e. The van der Waals surface area contributed by atoms with Crippen molar-refractivity contribution in [2.75, 3.05) is 0 Å². The molecule has 0 aliphatic heterocycles. The van der Waals surface area contributed by atoms with Crippen LogP contribution in [0.5, 0.6) is 0 Å². The lowest BCUT2D eigenvalue weighted by Gasteiger charge is -2.16. The van der Waals surface area contributed by atoms with Crippen LogP contribution in [0.4, 0.5) is 0 Å². The second kappa shape index (κ2) is 10.0. The fraction of sp³-hybridized carbons (Fsp3) is 0. The molecule has 0 spiro atoms. The van der Waals surface area contributed by atoms with Crippen LogP contribution in [0.1, 0.15) is 0 Å². The fourth-order valence-corrected chi connectivity index (χ4v) is 8.59. The Bertz CT molecular complexity index is 3130. The molecule has 49 heavy (non-hydrogen) atoms. The Morgan fingerprint density at radius 1 is 0.265 bits per heavy atom. The number of H-pyrrole nitrogens is 1. The summed E-state index contributed by atoms with van der Waals surface area (Å²) in [6.07, 6.45) is 0. The van der Waals surface area contributed by atoms with Crippen LogP contribution in [0.2, 0.25) is 0 Å². The fourth-order valence-electron chi connectivity index (χ4n) is 8.59. The second-order valence-corrected chi connectivity index (χ2v) is 13.3. The van der Waals surface area contributed by atoms with Gasteiger partial charge in [0.1, 0.15) is 0 Å². The van der Waals surface area contributed by atoms with Gasteiger partial charge in [-0.25, -0.2) is 0 Å². The predicted molar refractivity (Wildman–Crippen MR) is 212 cm³/mol. The molecular weight excluding hydrogens is 591 g/mol. The first kappa shape index (κ1) is 26.6. The maximum Gasteiger partial charge on any atom is 0.0551 e. The normalized spacial score (nSPS) is 12.1. The minimum absolute atomic E-state index is 1.17. The number of fused-ring (bicyclic) bond motifs is 16. The minimum atomic E-state index is 1.17. The second-order valence-electron chi connectivity index (χ2n) is 13.3. The summed E-state index contributed by atoms with van der Waals surface area (Å²) in [5, 5.41) is 18.0. The highest BCUT2D eigenvalue weighted by atomic mass is 14.7. The Morgan fingerprint density at radius 2 is 0.776 bits per heavy atom. The van der Waals surface area contributed by atoms with Crippen LogP contribution in [0, 0.1) is 0 Å². The molecule has 0 saturated heterocycles. The van der Waals surface area contributed by atoms with Gasteiger partial charge in [0.15, 0.2) is 0 Å². The molecule has 1 aromatic heterocycles. The highest BCUT2D eigenvalue weighted by molar-refractivity contribution is 6.37. The van der Waals surface area contributed by atoms with Crippen molar-refractivity contribution in [3.8, 4) is 22.3 Å². The molecule has 0 unspecified atom stereocenters. The first-order valence-corrected chi connectivity index (χ1v) is 17.0. The first-order valence-electron chi connectivity index (χ1n) is 17.0. The zero-order chi connectivity index (χ0) is 32.1. The number of hydrogen-bond acceptors (Lipinski definition) is 0. The largest absolute Gasteiger partial charge is 0.354 e. The van der Waals surface area contributed by atoms with Crippen molar-refractivity contribution in [1.82, 2.24) is 4.98 Å². The molecule has 1 N–H and O–H groups in total. The Balaban J connectivity index is 1.19. The van der Waals surface area contributed by atoms with E-state index in [0.29, 0.717) is 0 Å². The lowest BCUT2D eigenvalue weighted by molar-refractivity contribution is 1.56. The summed E-state index contributed by atoms with van der Waals surface area (Å²) < 4.78 is 0. The van der Waals surface area contributed by atoms with Gasteiger partial charge in [0.25, 0.3) is 0 Å². The quantitative estimate of drug-likeness (QED) is 0.185. The average Bonchev–Trinajstić information content (AvgIpc) is 3.57. The van der Waals surface area contributed by atoms with Gasteiger partial charge < -0.3 is 4.98 Å². The zero-order valence-corrected chi connectivity index (χ0v) is 26.7. The Hall–Kier alpha value is -6.44. The molecule has 1 nitrogen and oxygen atoms in total. The van der Waals surface area contributed by atoms with Gasteiger partial charge in [-0.3, -0.25) is 0 Å². The van der Waals surface area contributed by atoms with Gasteiger partial charge >= 0.3 is 0 Å². The molecule has 10 aromatic carbocycles. The Kier molecular flexibility index (Phi) is 5.45. The molecule has 0 radical (unpaired) electrons. The van der Waals surface area contributed by atoms with Crippen molar-refractivity contribution in [2.24, 2.45) is 0 Å². The summed E-state index contributed by atoms with van der Waals surface area (Å²) >= 11 is 0. The van der Waals surface area contributed by atoms with Gasteiger partial charge in [-0.2, -0.15) is 0 Å². The number of para-hydroxylation sites is 1. The lowest BCUT2D eigenvalue weighted by Crippen LogP contribution is -1.89. The molecule has 0 aliphatic rings. The van der Waals surface area contributed by atoms with E-state index in [1.54, 1.807) is 0 Å². The number of rotatable bonds is 2. The van der Waals surface area contributed by atoms with E-state index < -0.39 is 0 Å². The SMILES string of the molecule is c1cc(-c2ccc3c4ccccc4c4ccccc4c3c2)cc(-c2cc3c4ccccc4c4[nH]c5ccccc5c4c3c3ccccc23)c1. The molecule has 0 fully saturated rings. The van der Waals surface area contributed by atoms with Crippen molar-refractivity contribution in [3.63, 3.8) is 0 Å². The van der Waals surface area contributed by atoms with Crippen LogP contribution < -0.4 is 0 Å². The molecular formula is C48H29N. The molecule has 226 valence electrons. The van der Waals surface area contributed by atoms with E-state index >= 15 is 0 Å². The van der Waals surface area contributed by atoms with Gasteiger partial charge in [0.05, 0.1) is 5.52 Å². The molecule has 1 heterocycles. The highest BCUT2D eigenvalue weighted by Crippen LogP contribution is 2.45. The molecule has 0 bridgehead atoms. The van der Waals surface area contributed by atoms with E-state index in [0.717, 1.165) is 0 Å². The van der Waals surface area contributed by atoms with Crippen LogP contribution in [0.25, 0.3) is 109 Å². The van der Waals surface area contributed by atoms with Gasteiger partial charge in [0.2, 0.25) is 0 Å². The summed E-state index contributed by atoms with van der Waals surface area (Å²) in [6, 6.07) is 62.7. The number of nitrogens with one attached hydrogen (secondary N) is 1. The van der Waals surface area contributed by atoms with Crippen LogP contribution in [0.3, 0.4) is 0 Å².